The van der Waals surface area contributed by atoms with Crippen molar-refractivity contribution in [1.29, 1.82) is 0 Å². The number of benzene rings is 1. The van der Waals surface area contributed by atoms with E-state index in [0.717, 1.165) is 31.6 Å². The Morgan fingerprint density at radius 1 is 1.13 bits per heavy atom. The van der Waals surface area contributed by atoms with Gasteiger partial charge < -0.3 is 25.0 Å². The molecule has 1 unspecified atom stereocenters. The molecule has 2 N–H and O–H groups in total. The van der Waals surface area contributed by atoms with Crippen LogP contribution in [-0.2, 0) is 4.79 Å². The smallest absolute Gasteiger partial charge is 0.243 e. The molecule has 0 saturated carbocycles. The summed E-state index contributed by atoms with van der Waals surface area (Å²) >= 11 is 13.1. The number of likely N-dealkylation sites (N-methyl/N-ethyl adjacent to an activating group) is 1. The quantitative estimate of drug-likeness (QED) is 0.362. The van der Waals surface area contributed by atoms with Gasteiger partial charge in [0.25, 0.3) is 0 Å². The second-order valence-electron chi connectivity index (χ2n) is 9.24. The third kappa shape index (κ3) is 6.10. The van der Waals surface area contributed by atoms with Crippen LogP contribution in [0, 0.1) is 0 Å². The number of likely N-dealkylation sites (tertiary alicyclic amines) is 1. The minimum absolute atomic E-state index is 0.0763. The van der Waals surface area contributed by atoms with Gasteiger partial charge in [-0.2, -0.15) is 0 Å². The average molecular weight is 560 g/mol. The van der Waals surface area contributed by atoms with Crippen LogP contribution in [0.3, 0.4) is 0 Å². The van der Waals surface area contributed by atoms with Crippen LogP contribution in [-0.4, -0.2) is 97.2 Å². The van der Waals surface area contributed by atoms with Crippen molar-refractivity contribution in [3.05, 3.63) is 47.2 Å². The van der Waals surface area contributed by atoms with E-state index in [0.29, 0.717) is 44.3 Å². The Balaban J connectivity index is 1.59. The fourth-order valence-corrected chi connectivity index (χ4v) is 5.05. The summed E-state index contributed by atoms with van der Waals surface area (Å²) in [5, 5.41) is 7.83. The van der Waals surface area contributed by atoms with Gasteiger partial charge in [-0.15, -0.1) is 0 Å². The third-order valence-corrected chi connectivity index (χ3v) is 7.13. The zero-order chi connectivity index (χ0) is 27.4. The van der Waals surface area contributed by atoms with E-state index in [-0.39, 0.29) is 18.0 Å². The molecule has 2 aromatic heterocycles. The number of nitrogens with zero attached hydrogens (tertiary/aromatic N) is 5. The topological polar surface area (TPSA) is 105 Å². The molecule has 1 amide bonds. The summed E-state index contributed by atoms with van der Waals surface area (Å²) in [6.45, 7) is 6.83. The fraction of sp³-hybridized carbons (Fsp3) is 0.385. The highest BCUT2D eigenvalue weighted by atomic mass is 35.5. The number of carbonyl (C=O) groups is 1. The van der Waals surface area contributed by atoms with Gasteiger partial charge in [-0.25, -0.2) is 9.97 Å². The number of rotatable bonds is 10. The SMILES string of the molecule is C=CC(=O)N[C@H]1CN(CCN(C)C)CC1Nc1ncc2cc(-c3c(Cl)c(OC)cc(OC)c3Cl)ncc2n1. The van der Waals surface area contributed by atoms with E-state index < -0.39 is 0 Å². The lowest BCUT2D eigenvalue weighted by atomic mass is 10.1. The Morgan fingerprint density at radius 2 is 1.82 bits per heavy atom. The molecule has 38 heavy (non-hydrogen) atoms. The van der Waals surface area contributed by atoms with Crippen molar-refractivity contribution in [1.82, 2.24) is 30.1 Å². The second kappa shape index (κ2) is 12.1. The van der Waals surface area contributed by atoms with Crippen LogP contribution >= 0.6 is 23.2 Å². The number of methoxy groups -OCH3 is 2. The van der Waals surface area contributed by atoms with Gasteiger partial charge in [0.15, 0.2) is 0 Å². The molecule has 1 fully saturated rings. The Labute approximate surface area is 231 Å². The van der Waals surface area contributed by atoms with Gasteiger partial charge in [0.1, 0.15) is 11.5 Å². The number of fused-ring (bicyclic) bond motifs is 1. The lowest BCUT2D eigenvalue weighted by Gasteiger charge is -2.20. The molecule has 0 bridgehead atoms. The summed E-state index contributed by atoms with van der Waals surface area (Å²) in [5.74, 6) is 1.09. The third-order valence-electron chi connectivity index (χ3n) is 6.38. The highest BCUT2D eigenvalue weighted by molar-refractivity contribution is 6.41. The zero-order valence-corrected chi connectivity index (χ0v) is 23.3. The number of amides is 1. The average Bonchev–Trinajstić information content (AvgIpc) is 3.28. The van der Waals surface area contributed by atoms with E-state index in [2.05, 4.69) is 42.0 Å². The summed E-state index contributed by atoms with van der Waals surface area (Å²) in [6, 6.07) is 3.25. The standard InChI is InChI=1S/C26H31Cl2N7O3/c1-6-22(36)31-18-13-35(8-7-34(2)3)14-19(18)33-26-30-11-15-9-16(29-12-17(15)32-26)23-24(27)20(37-4)10-21(38-5)25(23)28/h6,9-12,18-19H,1,7-8,13-14H2,2-5H3,(H,31,36)(H,30,32,33)/t18-,19?/m0/s1. The molecule has 3 aromatic rings. The molecule has 12 heteroatoms. The van der Waals surface area contributed by atoms with Crippen molar-refractivity contribution >= 4 is 46.0 Å². The van der Waals surface area contributed by atoms with Crippen molar-refractivity contribution in [3.8, 4) is 22.8 Å². The minimum atomic E-state index is -0.209. The lowest BCUT2D eigenvalue weighted by molar-refractivity contribution is -0.117. The van der Waals surface area contributed by atoms with Crippen molar-refractivity contribution in [2.24, 2.45) is 0 Å². The maximum atomic E-state index is 12.0. The van der Waals surface area contributed by atoms with E-state index in [4.69, 9.17) is 32.7 Å². The molecule has 202 valence electrons. The number of aromatic nitrogens is 3. The number of halogens is 2. The van der Waals surface area contributed by atoms with Crippen LogP contribution in [0.4, 0.5) is 5.95 Å². The van der Waals surface area contributed by atoms with E-state index in [1.165, 1.54) is 20.3 Å². The molecular formula is C26H31Cl2N7O3. The Morgan fingerprint density at radius 3 is 2.45 bits per heavy atom. The second-order valence-corrected chi connectivity index (χ2v) is 9.99. The van der Waals surface area contributed by atoms with E-state index in [1.807, 2.05) is 20.2 Å². The molecule has 0 spiro atoms. The molecule has 1 aliphatic heterocycles. The summed E-state index contributed by atoms with van der Waals surface area (Å²) in [7, 11) is 7.12. The van der Waals surface area contributed by atoms with Gasteiger partial charge in [-0.1, -0.05) is 29.8 Å². The molecule has 3 heterocycles. The predicted molar refractivity (Wildman–Crippen MR) is 150 cm³/mol. The predicted octanol–water partition coefficient (Wildman–Crippen LogP) is 3.34. The first-order valence-corrected chi connectivity index (χ1v) is 12.8. The maximum Gasteiger partial charge on any atom is 0.243 e. The molecular weight excluding hydrogens is 529 g/mol. The minimum Gasteiger partial charge on any atom is -0.495 e. The zero-order valence-electron chi connectivity index (χ0n) is 21.8. The maximum absolute atomic E-state index is 12.0. The van der Waals surface area contributed by atoms with Crippen LogP contribution in [0.5, 0.6) is 11.5 Å². The number of nitrogens with one attached hydrogen (secondary N) is 2. The number of carbonyl (C=O) groups excluding carboxylic acids is 1. The van der Waals surface area contributed by atoms with E-state index in [1.54, 1.807) is 18.5 Å². The summed E-state index contributed by atoms with van der Waals surface area (Å²) in [4.78, 5) is 30.2. The lowest BCUT2D eigenvalue weighted by Crippen LogP contribution is -2.45. The normalized spacial score (nSPS) is 17.6. The number of anilines is 1. The summed E-state index contributed by atoms with van der Waals surface area (Å²) < 4.78 is 10.8. The molecule has 0 aliphatic carbocycles. The van der Waals surface area contributed by atoms with Crippen LogP contribution in [0.15, 0.2) is 37.2 Å². The highest BCUT2D eigenvalue weighted by Crippen LogP contribution is 2.45. The first-order valence-electron chi connectivity index (χ1n) is 12.0. The number of ether oxygens (including phenoxy) is 2. The van der Waals surface area contributed by atoms with Gasteiger partial charge in [0, 0.05) is 49.4 Å². The number of hydrogen-bond donors (Lipinski definition) is 2. The molecule has 2 atom stereocenters. The number of pyridine rings is 1. The van der Waals surface area contributed by atoms with Crippen LogP contribution in [0.1, 0.15) is 0 Å². The largest absolute Gasteiger partial charge is 0.495 e. The molecule has 1 aromatic carbocycles. The van der Waals surface area contributed by atoms with E-state index >= 15 is 0 Å². The molecule has 10 nitrogen and oxygen atoms in total. The van der Waals surface area contributed by atoms with Crippen molar-refractivity contribution < 1.29 is 14.3 Å². The van der Waals surface area contributed by atoms with Crippen molar-refractivity contribution in [3.63, 3.8) is 0 Å². The first kappa shape index (κ1) is 27.8. The monoisotopic (exact) mass is 559 g/mol. The van der Waals surface area contributed by atoms with Crippen LogP contribution in [0.2, 0.25) is 10.0 Å². The van der Waals surface area contributed by atoms with Crippen LogP contribution < -0.4 is 20.1 Å². The Bertz CT molecular complexity index is 1310. The highest BCUT2D eigenvalue weighted by Gasteiger charge is 2.34. The van der Waals surface area contributed by atoms with Crippen molar-refractivity contribution in [2.45, 2.75) is 12.1 Å². The first-order chi connectivity index (χ1) is 18.2. The van der Waals surface area contributed by atoms with Crippen LogP contribution in [0.25, 0.3) is 22.2 Å². The van der Waals surface area contributed by atoms with E-state index in [9.17, 15) is 4.79 Å². The summed E-state index contributed by atoms with van der Waals surface area (Å²) in [6.07, 6.45) is 4.64. The molecule has 1 saturated heterocycles. The summed E-state index contributed by atoms with van der Waals surface area (Å²) in [5.41, 5.74) is 1.68. The van der Waals surface area contributed by atoms with Gasteiger partial charge in [0.05, 0.1) is 53.8 Å². The number of hydrogen-bond acceptors (Lipinski definition) is 9. The van der Waals surface area contributed by atoms with Gasteiger partial charge in [-0.3, -0.25) is 14.7 Å². The fourth-order valence-electron chi connectivity index (χ4n) is 4.36. The van der Waals surface area contributed by atoms with Crippen molar-refractivity contribution in [2.75, 3.05) is 59.8 Å². The van der Waals surface area contributed by atoms with Gasteiger partial charge in [-0.05, 0) is 26.2 Å². The Hall–Kier alpha value is -3.18. The Kier molecular flexibility index (Phi) is 8.88. The molecule has 1 aliphatic rings. The van der Waals surface area contributed by atoms with Gasteiger partial charge >= 0.3 is 0 Å². The van der Waals surface area contributed by atoms with Gasteiger partial charge in [0.2, 0.25) is 11.9 Å². The molecule has 4 rings (SSSR count). The molecule has 0 radical (unpaired) electrons.